The highest BCUT2D eigenvalue weighted by Gasteiger charge is 2.19. The Labute approximate surface area is 130 Å². The monoisotopic (exact) mass is 299 g/mol. The van der Waals surface area contributed by atoms with Crippen LogP contribution in [0.4, 0.5) is 0 Å². The highest BCUT2D eigenvalue weighted by Crippen LogP contribution is 2.29. The van der Waals surface area contributed by atoms with Gasteiger partial charge in [-0.3, -0.25) is 9.48 Å². The van der Waals surface area contributed by atoms with Crippen LogP contribution in [0.15, 0.2) is 24.4 Å². The molecular formula is C17H21N3O2. The van der Waals surface area contributed by atoms with E-state index in [9.17, 15) is 4.79 Å². The van der Waals surface area contributed by atoms with E-state index in [1.54, 1.807) is 6.20 Å². The molecule has 1 aliphatic heterocycles. The largest absolute Gasteiger partial charge is 0.490 e. The molecular weight excluding hydrogens is 278 g/mol. The Balaban J connectivity index is 1.66. The smallest absolute Gasteiger partial charge is 0.255 e. The number of ether oxygens (including phenoxy) is 1. The van der Waals surface area contributed by atoms with E-state index in [0.717, 1.165) is 30.0 Å². The Morgan fingerprint density at radius 1 is 1.50 bits per heavy atom. The molecule has 5 heteroatoms. The van der Waals surface area contributed by atoms with Crippen molar-refractivity contribution in [2.45, 2.75) is 46.4 Å². The van der Waals surface area contributed by atoms with Crippen LogP contribution in [0.5, 0.6) is 5.75 Å². The van der Waals surface area contributed by atoms with Gasteiger partial charge in [0.05, 0.1) is 11.8 Å². The molecule has 2 heterocycles. The second kappa shape index (κ2) is 5.83. The molecule has 0 bridgehead atoms. The summed E-state index contributed by atoms with van der Waals surface area (Å²) in [5.41, 5.74) is 3.84. The van der Waals surface area contributed by atoms with Crippen LogP contribution in [0, 0.1) is 6.92 Å². The summed E-state index contributed by atoms with van der Waals surface area (Å²) < 4.78 is 7.51. The minimum absolute atomic E-state index is 0.0812. The quantitative estimate of drug-likeness (QED) is 0.943. The van der Waals surface area contributed by atoms with Crippen LogP contribution in [0.1, 0.15) is 41.0 Å². The summed E-state index contributed by atoms with van der Waals surface area (Å²) in [5.74, 6) is 0.880. The Morgan fingerprint density at radius 2 is 2.32 bits per heavy atom. The van der Waals surface area contributed by atoms with Crippen LogP contribution in [0.2, 0.25) is 0 Å². The lowest BCUT2D eigenvalue weighted by Crippen LogP contribution is -2.23. The maximum Gasteiger partial charge on any atom is 0.255 e. The first-order valence-electron chi connectivity index (χ1n) is 7.67. The van der Waals surface area contributed by atoms with Crippen molar-refractivity contribution in [2.24, 2.45) is 0 Å². The molecule has 0 saturated carbocycles. The van der Waals surface area contributed by atoms with Gasteiger partial charge in [0, 0.05) is 25.2 Å². The van der Waals surface area contributed by atoms with Crippen LogP contribution in [0.3, 0.4) is 0 Å². The van der Waals surface area contributed by atoms with E-state index in [1.165, 1.54) is 5.56 Å². The number of fused-ring (bicyclic) bond motifs is 1. The summed E-state index contributed by atoms with van der Waals surface area (Å²) in [5, 5.41) is 7.17. The molecule has 1 amide bonds. The first-order chi connectivity index (χ1) is 10.6. The zero-order valence-corrected chi connectivity index (χ0v) is 13.2. The molecule has 1 aromatic carbocycles. The highest BCUT2D eigenvalue weighted by atomic mass is 16.5. The average molecular weight is 299 g/mol. The van der Waals surface area contributed by atoms with Gasteiger partial charge in [-0.1, -0.05) is 12.1 Å². The van der Waals surface area contributed by atoms with Gasteiger partial charge in [-0.25, -0.2) is 0 Å². The topological polar surface area (TPSA) is 56.2 Å². The molecule has 2 aromatic rings. The van der Waals surface area contributed by atoms with Crippen LogP contribution >= 0.6 is 0 Å². The summed E-state index contributed by atoms with van der Waals surface area (Å²) in [7, 11) is 0. The molecule has 1 aliphatic rings. The number of nitrogens with zero attached hydrogens (tertiary/aromatic N) is 2. The van der Waals surface area contributed by atoms with Crippen molar-refractivity contribution in [3.05, 3.63) is 46.8 Å². The molecule has 5 nitrogen and oxygen atoms in total. The van der Waals surface area contributed by atoms with Gasteiger partial charge in [-0.2, -0.15) is 5.10 Å². The maximum atomic E-state index is 12.3. The molecule has 0 spiro atoms. The van der Waals surface area contributed by atoms with Crippen molar-refractivity contribution >= 4 is 5.91 Å². The maximum absolute atomic E-state index is 12.3. The minimum atomic E-state index is -0.0812. The molecule has 1 N–H and O–H groups in total. The van der Waals surface area contributed by atoms with Gasteiger partial charge in [-0.15, -0.1) is 0 Å². The van der Waals surface area contributed by atoms with Gasteiger partial charge in [0.15, 0.2) is 0 Å². The number of amides is 1. The minimum Gasteiger partial charge on any atom is -0.490 e. The first kappa shape index (κ1) is 14.6. The van der Waals surface area contributed by atoms with Gasteiger partial charge in [0.2, 0.25) is 0 Å². The SMILES string of the molecule is CCn1ncc(C(=O)NCc2ccc3c(c2)CC(C)O3)c1C. The number of carbonyl (C=O) groups is 1. The van der Waals surface area contributed by atoms with Crippen LogP contribution in [-0.2, 0) is 19.5 Å². The third-order valence-electron chi connectivity index (χ3n) is 4.06. The standard InChI is InChI=1S/C17H21N3O2/c1-4-20-12(3)15(10-19-20)17(21)18-9-13-5-6-16-14(8-13)7-11(2)22-16/h5-6,8,10-11H,4,7,9H2,1-3H3,(H,18,21). The molecule has 0 radical (unpaired) electrons. The molecule has 0 aliphatic carbocycles. The normalized spacial score (nSPS) is 16.2. The predicted octanol–water partition coefficient (Wildman–Crippen LogP) is 2.46. The molecule has 3 rings (SSSR count). The fourth-order valence-electron chi connectivity index (χ4n) is 2.85. The van der Waals surface area contributed by atoms with Gasteiger partial charge < -0.3 is 10.1 Å². The van der Waals surface area contributed by atoms with Gasteiger partial charge >= 0.3 is 0 Å². The molecule has 116 valence electrons. The van der Waals surface area contributed by atoms with Crippen molar-refractivity contribution in [1.82, 2.24) is 15.1 Å². The number of hydrogen-bond acceptors (Lipinski definition) is 3. The fraction of sp³-hybridized carbons (Fsp3) is 0.412. The summed E-state index contributed by atoms with van der Waals surface area (Å²) in [6, 6.07) is 6.10. The van der Waals surface area contributed by atoms with E-state index >= 15 is 0 Å². The molecule has 0 saturated heterocycles. The number of rotatable bonds is 4. The van der Waals surface area contributed by atoms with E-state index in [2.05, 4.69) is 23.4 Å². The van der Waals surface area contributed by atoms with Crippen molar-refractivity contribution in [2.75, 3.05) is 0 Å². The van der Waals surface area contributed by atoms with Crippen molar-refractivity contribution in [3.63, 3.8) is 0 Å². The zero-order chi connectivity index (χ0) is 15.7. The molecule has 1 unspecified atom stereocenters. The Hall–Kier alpha value is -2.30. The lowest BCUT2D eigenvalue weighted by Gasteiger charge is -2.07. The Morgan fingerprint density at radius 3 is 3.05 bits per heavy atom. The van der Waals surface area contributed by atoms with E-state index in [4.69, 9.17) is 4.74 Å². The molecule has 1 aromatic heterocycles. The third-order valence-corrected chi connectivity index (χ3v) is 4.06. The molecule has 1 atom stereocenters. The number of hydrogen-bond donors (Lipinski definition) is 1. The van der Waals surface area contributed by atoms with E-state index in [0.29, 0.717) is 12.1 Å². The van der Waals surface area contributed by atoms with Crippen LogP contribution in [-0.4, -0.2) is 21.8 Å². The van der Waals surface area contributed by atoms with Crippen LogP contribution < -0.4 is 10.1 Å². The summed E-state index contributed by atoms with van der Waals surface area (Å²) in [6.07, 6.45) is 2.80. The first-order valence-corrected chi connectivity index (χ1v) is 7.67. The lowest BCUT2D eigenvalue weighted by atomic mass is 10.1. The molecule has 22 heavy (non-hydrogen) atoms. The van der Waals surface area contributed by atoms with Crippen LogP contribution in [0.25, 0.3) is 0 Å². The summed E-state index contributed by atoms with van der Waals surface area (Å²) >= 11 is 0. The van der Waals surface area contributed by atoms with E-state index in [-0.39, 0.29) is 12.0 Å². The average Bonchev–Trinajstić information content (AvgIpc) is 3.05. The van der Waals surface area contributed by atoms with Gasteiger partial charge in [0.1, 0.15) is 11.9 Å². The summed E-state index contributed by atoms with van der Waals surface area (Å²) in [4.78, 5) is 12.3. The van der Waals surface area contributed by atoms with Crippen molar-refractivity contribution in [1.29, 1.82) is 0 Å². The lowest BCUT2D eigenvalue weighted by molar-refractivity contribution is 0.0950. The third kappa shape index (κ3) is 2.71. The second-order valence-electron chi connectivity index (χ2n) is 5.72. The van der Waals surface area contributed by atoms with Gasteiger partial charge in [0.25, 0.3) is 5.91 Å². The van der Waals surface area contributed by atoms with E-state index < -0.39 is 0 Å². The number of benzene rings is 1. The Bertz CT molecular complexity index is 706. The van der Waals surface area contributed by atoms with E-state index in [1.807, 2.05) is 30.7 Å². The number of carbonyl (C=O) groups excluding carboxylic acids is 1. The number of nitrogens with one attached hydrogen (secondary N) is 1. The predicted molar refractivity (Wildman–Crippen MR) is 84.0 cm³/mol. The van der Waals surface area contributed by atoms with Crippen molar-refractivity contribution in [3.8, 4) is 5.75 Å². The highest BCUT2D eigenvalue weighted by molar-refractivity contribution is 5.94. The van der Waals surface area contributed by atoms with Gasteiger partial charge in [-0.05, 0) is 38.0 Å². The Kier molecular flexibility index (Phi) is 3.88. The number of aromatic nitrogens is 2. The zero-order valence-electron chi connectivity index (χ0n) is 13.2. The van der Waals surface area contributed by atoms with Crippen molar-refractivity contribution < 1.29 is 9.53 Å². The second-order valence-corrected chi connectivity index (χ2v) is 5.72. The summed E-state index contributed by atoms with van der Waals surface area (Å²) in [6.45, 7) is 7.27. The molecule has 0 fully saturated rings. The number of aryl methyl sites for hydroxylation is 1. The fourth-order valence-corrected chi connectivity index (χ4v) is 2.85.